The molecule has 0 aliphatic carbocycles. The molecule has 1 atom stereocenters. The average Bonchev–Trinajstić information content (AvgIpc) is 2.18. The van der Waals surface area contributed by atoms with Gasteiger partial charge in [0.05, 0.1) is 6.10 Å². The summed E-state index contributed by atoms with van der Waals surface area (Å²) in [6.45, 7) is 13.2. The Morgan fingerprint density at radius 2 is 2.06 bits per heavy atom. The fraction of sp³-hybridized carbons (Fsp3) is 0.857. The van der Waals surface area contributed by atoms with Crippen molar-refractivity contribution < 1.29 is 5.11 Å². The summed E-state index contributed by atoms with van der Waals surface area (Å²) >= 11 is 0. The number of β-amino-alcohol motifs (C(OH)–C–C–N with tert-alkyl or cyclic N) is 1. The molecule has 0 radical (unpaired) electrons. The van der Waals surface area contributed by atoms with E-state index in [2.05, 4.69) is 30.4 Å². The molecule has 0 saturated carbocycles. The van der Waals surface area contributed by atoms with Crippen LogP contribution in [0.3, 0.4) is 0 Å². The maximum Gasteiger partial charge on any atom is 0.0639 e. The molecular weight excluding hydrogens is 212 g/mol. The van der Waals surface area contributed by atoms with Gasteiger partial charge in [0.25, 0.3) is 0 Å². The number of likely N-dealkylation sites (N-methyl/N-ethyl adjacent to an activating group) is 1. The second kappa shape index (κ2) is 7.14. The van der Waals surface area contributed by atoms with Crippen LogP contribution in [0.5, 0.6) is 0 Å². The van der Waals surface area contributed by atoms with Crippen molar-refractivity contribution in [3.63, 3.8) is 0 Å². The molecule has 1 fully saturated rings. The second-order valence-corrected chi connectivity index (χ2v) is 5.75. The summed E-state index contributed by atoms with van der Waals surface area (Å²) in [6.07, 6.45) is 2.32. The largest absolute Gasteiger partial charge is 0.392 e. The third-order valence-corrected chi connectivity index (χ3v) is 3.34. The number of aliphatic hydroxyl groups is 1. The molecule has 1 N–H and O–H groups in total. The van der Waals surface area contributed by atoms with E-state index in [1.807, 2.05) is 6.92 Å². The average molecular weight is 240 g/mol. The van der Waals surface area contributed by atoms with Crippen LogP contribution in [-0.2, 0) is 0 Å². The summed E-state index contributed by atoms with van der Waals surface area (Å²) in [5, 5.41) is 9.36. The summed E-state index contributed by atoms with van der Waals surface area (Å²) in [5.41, 5.74) is 1.24. The molecule has 0 unspecified atom stereocenters. The second-order valence-electron chi connectivity index (χ2n) is 5.75. The van der Waals surface area contributed by atoms with E-state index in [1.54, 1.807) is 0 Å². The van der Waals surface area contributed by atoms with Crippen LogP contribution >= 0.6 is 0 Å². The number of hydrogen-bond donors (Lipinski definition) is 1. The van der Waals surface area contributed by atoms with Gasteiger partial charge in [0.2, 0.25) is 0 Å². The first-order chi connectivity index (χ1) is 7.97. The molecule has 3 nitrogen and oxygen atoms in total. The number of aliphatic hydroxyl groups excluding tert-OH is 1. The van der Waals surface area contributed by atoms with Crippen LogP contribution in [0.2, 0.25) is 0 Å². The Kier molecular flexibility index (Phi) is 6.17. The van der Waals surface area contributed by atoms with E-state index in [4.69, 9.17) is 0 Å². The summed E-state index contributed by atoms with van der Waals surface area (Å²) in [5.74, 6) is 0.810. The van der Waals surface area contributed by atoms with Crippen LogP contribution in [-0.4, -0.2) is 60.8 Å². The Morgan fingerprint density at radius 3 is 2.53 bits per heavy atom. The summed E-state index contributed by atoms with van der Waals surface area (Å²) < 4.78 is 0. The highest BCUT2D eigenvalue weighted by Gasteiger charge is 2.20. The van der Waals surface area contributed by atoms with Gasteiger partial charge in [0.15, 0.2) is 0 Å². The number of likely N-dealkylation sites (tertiary alicyclic amines) is 1. The predicted octanol–water partition coefficient (Wildman–Crippen LogP) is 1.59. The van der Waals surface area contributed by atoms with E-state index in [0.29, 0.717) is 0 Å². The summed E-state index contributed by atoms with van der Waals surface area (Å²) in [6, 6.07) is 0. The van der Waals surface area contributed by atoms with Gasteiger partial charge in [-0.2, -0.15) is 0 Å². The maximum absolute atomic E-state index is 9.36. The summed E-state index contributed by atoms with van der Waals surface area (Å²) in [4.78, 5) is 4.75. The smallest absolute Gasteiger partial charge is 0.0639 e. The molecule has 3 heteroatoms. The highest BCUT2D eigenvalue weighted by molar-refractivity contribution is 4.91. The van der Waals surface area contributed by atoms with E-state index >= 15 is 0 Å². The molecular formula is C14H28N2O. The molecule has 1 heterocycles. The zero-order chi connectivity index (χ0) is 12.8. The highest BCUT2D eigenvalue weighted by Crippen LogP contribution is 2.18. The van der Waals surface area contributed by atoms with E-state index in [0.717, 1.165) is 32.1 Å². The van der Waals surface area contributed by atoms with Crippen LogP contribution in [0.4, 0.5) is 0 Å². The van der Waals surface area contributed by atoms with Crippen LogP contribution in [0, 0.1) is 5.92 Å². The van der Waals surface area contributed by atoms with Gasteiger partial charge in [-0.15, -0.1) is 0 Å². The standard InChI is InChI=1S/C14H28N2O/c1-12(2)9-15(4)11-14-5-7-16(8-6-14)10-13(3)17/h13-14,17H,1,5-11H2,2-4H3/t13-/m0/s1. The Hall–Kier alpha value is -0.380. The monoisotopic (exact) mass is 240 g/mol. The van der Waals surface area contributed by atoms with Crippen LogP contribution in [0.25, 0.3) is 0 Å². The fourth-order valence-electron chi connectivity index (χ4n) is 2.69. The number of nitrogens with zero attached hydrogens (tertiary/aromatic N) is 2. The first kappa shape index (κ1) is 14.7. The molecule has 17 heavy (non-hydrogen) atoms. The molecule has 0 amide bonds. The molecule has 0 spiro atoms. The van der Waals surface area contributed by atoms with E-state index in [-0.39, 0.29) is 6.10 Å². The van der Waals surface area contributed by atoms with Crippen molar-refractivity contribution in [1.82, 2.24) is 9.80 Å². The third-order valence-electron chi connectivity index (χ3n) is 3.34. The van der Waals surface area contributed by atoms with Gasteiger partial charge in [-0.3, -0.25) is 0 Å². The molecule has 0 bridgehead atoms. The van der Waals surface area contributed by atoms with Gasteiger partial charge in [-0.1, -0.05) is 12.2 Å². The molecule has 1 saturated heterocycles. The topological polar surface area (TPSA) is 26.7 Å². The zero-order valence-electron chi connectivity index (χ0n) is 11.7. The lowest BCUT2D eigenvalue weighted by Gasteiger charge is -2.34. The molecule has 0 aromatic carbocycles. The van der Waals surface area contributed by atoms with Gasteiger partial charge in [-0.05, 0) is 52.7 Å². The SMILES string of the molecule is C=C(C)CN(C)CC1CCN(C[C@H](C)O)CC1. The van der Waals surface area contributed by atoms with Crippen molar-refractivity contribution in [2.75, 3.05) is 39.8 Å². The van der Waals surface area contributed by atoms with Crippen molar-refractivity contribution >= 4 is 0 Å². The fourth-order valence-corrected chi connectivity index (χ4v) is 2.69. The lowest BCUT2D eigenvalue weighted by molar-refractivity contribution is 0.0933. The predicted molar refractivity (Wildman–Crippen MR) is 73.2 cm³/mol. The minimum atomic E-state index is -0.197. The van der Waals surface area contributed by atoms with Crippen molar-refractivity contribution in [1.29, 1.82) is 0 Å². The first-order valence-corrected chi connectivity index (χ1v) is 6.70. The van der Waals surface area contributed by atoms with Gasteiger partial charge < -0.3 is 14.9 Å². The minimum absolute atomic E-state index is 0.197. The maximum atomic E-state index is 9.36. The number of piperidine rings is 1. The Bertz CT molecular complexity index is 232. The van der Waals surface area contributed by atoms with Crippen LogP contribution < -0.4 is 0 Å². The van der Waals surface area contributed by atoms with Crippen molar-refractivity contribution in [2.45, 2.75) is 32.8 Å². The van der Waals surface area contributed by atoms with Gasteiger partial charge in [-0.25, -0.2) is 0 Å². The van der Waals surface area contributed by atoms with Crippen molar-refractivity contribution in [3.8, 4) is 0 Å². The van der Waals surface area contributed by atoms with Crippen molar-refractivity contribution in [2.24, 2.45) is 5.92 Å². The summed E-state index contributed by atoms with van der Waals surface area (Å²) in [7, 11) is 2.18. The molecule has 0 aromatic rings. The van der Waals surface area contributed by atoms with Gasteiger partial charge in [0.1, 0.15) is 0 Å². The molecule has 0 aromatic heterocycles. The number of rotatable bonds is 6. The van der Waals surface area contributed by atoms with Gasteiger partial charge in [0, 0.05) is 19.6 Å². The van der Waals surface area contributed by atoms with Gasteiger partial charge >= 0.3 is 0 Å². The molecule has 1 rings (SSSR count). The van der Waals surface area contributed by atoms with Crippen LogP contribution in [0.1, 0.15) is 26.7 Å². The third kappa shape index (κ3) is 6.20. The molecule has 1 aliphatic heterocycles. The van der Waals surface area contributed by atoms with Crippen LogP contribution in [0.15, 0.2) is 12.2 Å². The Labute approximate surface area is 106 Å². The number of hydrogen-bond acceptors (Lipinski definition) is 3. The minimum Gasteiger partial charge on any atom is -0.392 e. The quantitative estimate of drug-likeness (QED) is 0.714. The van der Waals surface area contributed by atoms with Crippen molar-refractivity contribution in [3.05, 3.63) is 12.2 Å². The lowest BCUT2D eigenvalue weighted by atomic mass is 9.96. The molecule has 1 aliphatic rings. The highest BCUT2D eigenvalue weighted by atomic mass is 16.3. The zero-order valence-corrected chi connectivity index (χ0v) is 11.7. The Morgan fingerprint density at radius 1 is 1.47 bits per heavy atom. The van der Waals surface area contributed by atoms with E-state index < -0.39 is 0 Å². The first-order valence-electron chi connectivity index (χ1n) is 6.70. The van der Waals surface area contributed by atoms with E-state index in [1.165, 1.54) is 25.0 Å². The normalized spacial score (nSPS) is 20.8. The van der Waals surface area contributed by atoms with E-state index in [9.17, 15) is 5.11 Å². The molecule has 100 valence electrons. The Balaban J connectivity index is 2.20. The lowest BCUT2D eigenvalue weighted by Crippen LogP contribution is -2.40.